The van der Waals surface area contributed by atoms with Crippen molar-refractivity contribution in [2.45, 2.75) is 56.7 Å². The first kappa shape index (κ1) is 26.2. The normalized spacial score (nSPS) is 23.2. The van der Waals surface area contributed by atoms with E-state index in [1.54, 1.807) is 0 Å². The third-order valence-corrected chi connectivity index (χ3v) is 9.45. The molecule has 1 amide bonds. The first-order valence-corrected chi connectivity index (χ1v) is 15.0. The minimum Gasteiger partial charge on any atom is -0.367 e. The second kappa shape index (κ2) is 10.6. The molecule has 214 valence electrons. The number of carbonyl (C=O) groups excluding carboxylic acids is 1. The fourth-order valence-corrected chi connectivity index (χ4v) is 7.26. The summed E-state index contributed by atoms with van der Waals surface area (Å²) in [6, 6.07) is 15.8. The maximum absolute atomic E-state index is 15.2. The summed E-state index contributed by atoms with van der Waals surface area (Å²) in [6.45, 7) is 4.84. The number of likely N-dealkylation sites (N-methyl/N-ethyl adjacent to an activating group) is 1. The molecule has 1 N–H and O–H groups in total. The van der Waals surface area contributed by atoms with E-state index >= 15 is 4.39 Å². The van der Waals surface area contributed by atoms with Crippen molar-refractivity contribution in [1.29, 1.82) is 0 Å². The number of fused-ring (bicyclic) bond motifs is 1. The molecule has 0 bridgehead atoms. The highest BCUT2D eigenvalue weighted by molar-refractivity contribution is 5.94. The van der Waals surface area contributed by atoms with Crippen LogP contribution in [0.2, 0.25) is 0 Å². The number of halogens is 1. The smallest absolute Gasteiger partial charge is 0.249 e. The molecule has 41 heavy (non-hydrogen) atoms. The van der Waals surface area contributed by atoms with Gasteiger partial charge in [0, 0.05) is 69.2 Å². The Labute approximate surface area is 241 Å². The fourth-order valence-electron chi connectivity index (χ4n) is 7.26. The number of likely N-dealkylation sites (tertiary alicyclic amines) is 1. The molecule has 2 aromatic carbocycles. The molecule has 1 aromatic heterocycles. The molecule has 3 aliphatic heterocycles. The third-order valence-electron chi connectivity index (χ3n) is 9.45. The maximum Gasteiger partial charge on any atom is 0.249 e. The Kier molecular flexibility index (Phi) is 6.77. The van der Waals surface area contributed by atoms with Crippen LogP contribution in [0.15, 0.2) is 54.7 Å². The summed E-state index contributed by atoms with van der Waals surface area (Å²) in [4.78, 5) is 32.5. The number of piperazine rings is 1. The van der Waals surface area contributed by atoms with Crippen molar-refractivity contribution in [3.63, 3.8) is 0 Å². The van der Waals surface area contributed by atoms with Crippen LogP contribution < -0.4 is 15.1 Å². The van der Waals surface area contributed by atoms with Crippen molar-refractivity contribution >= 4 is 29.0 Å². The van der Waals surface area contributed by atoms with Crippen molar-refractivity contribution in [2.75, 3.05) is 54.9 Å². The monoisotopic (exact) mass is 555 g/mol. The first-order chi connectivity index (χ1) is 20.0. The van der Waals surface area contributed by atoms with Crippen molar-refractivity contribution in [3.05, 3.63) is 71.7 Å². The Bertz CT molecular complexity index is 1420. The van der Waals surface area contributed by atoms with Crippen LogP contribution in [-0.4, -0.2) is 77.0 Å². The van der Waals surface area contributed by atoms with Gasteiger partial charge in [-0.2, -0.15) is 4.98 Å². The van der Waals surface area contributed by atoms with E-state index in [-0.39, 0.29) is 11.7 Å². The Morgan fingerprint density at radius 3 is 2.56 bits per heavy atom. The third kappa shape index (κ3) is 4.80. The van der Waals surface area contributed by atoms with Crippen LogP contribution in [-0.2, 0) is 17.8 Å². The van der Waals surface area contributed by atoms with Crippen LogP contribution in [0.5, 0.6) is 0 Å². The van der Waals surface area contributed by atoms with Crippen molar-refractivity contribution in [2.24, 2.45) is 0 Å². The molecule has 4 heterocycles. The number of carbonyl (C=O) groups is 1. The van der Waals surface area contributed by atoms with E-state index in [0.29, 0.717) is 36.3 Å². The highest BCUT2D eigenvalue weighted by atomic mass is 19.1. The van der Waals surface area contributed by atoms with Crippen LogP contribution in [0.1, 0.15) is 43.2 Å². The van der Waals surface area contributed by atoms with E-state index in [4.69, 9.17) is 4.98 Å². The van der Waals surface area contributed by atoms with Crippen LogP contribution in [0.25, 0.3) is 0 Å². The van der Waals surface area contributed by atoms with Crippen LogP contribution in [0.4, 0.5) is 27.5 Å². The Hall–Kier alpha value is -3.72. The zero-order valence-electron chi connectivity index (χ0n) is 23.7. The van der Waals surface area contributed by atoms with Crippen molar-refractivity contribution < 1.29 is 9.18 Å². The number of rotatable bonds is 6. The standard InChI is InChI=1S/C32H38FN7O/c1-37-15-17-38(18-16-37)28-12-11-25(19-27(28)33)35-31-34-21-24-20-32(40(29(24)36-31)26-9-5-6-10-26)13-14-39(30(32)41)22-23-7-3-2-4-8-23/h2-4,7-8,11-12,19,21,26H,5-6,9-10,13-18,20,22H2,1H3,(H,34,35,36). The van der Waals surface area contributed by atoms with Gasteiger partial charge in [-0.05, 0) is 50.1 Å². The lowest BCUT2D eigenvalue weighted by Crippen LogP contribution is -2.56. The van der Waals surface area contributed by atoms with Gasteiger partial charge in [0.15, 0.2) is 0 Å². The molecule has 1 spiro atoms. The van der Waals surface area contributed by atoms with E-state index in [0.717, 1.165) is 68.9 Å². The second-order valence-electron chi connectivity index (χ2n) is 12.1. The molecule has 4 aliphatic rings. The summed E-state index contributed by atoms with van der Waals surface area (Å²) >= 11 is 0. The average molecular weight is 556 g/mol. The quantitative estimate of drug-likeness (QED) is 0.477. The summed E-state index contributed by atoms with van der Waals surface area (Å²) in [5.74, 6) is 1.24. The molecule has 9 heteroatoms. The van der Waals surface area contributed by atoms with E-state index in [2.05, 4.69) is 44.2 Å². The van der Waals surface area contributed by atoms with Gasteiger partial charge < -0.3 is 24.9 Å². The zero-order valence-corrected chi connectivity index (χ0v) is 23.7. The van der Waals surface area contributed by atoms with Crippen LogP contribution in [0.3, 0.4) is 0 Å². The highest BCUT2D eigenvalue weighted by Crippen LogP contribution is 2.48. The molecule has 8 nitrogen and oxygen atoms in total. The molecule has 3 fully saturated rings. The summed E-state index contributed by atoms with van der Waals surface area (Å²) in [7, 11) is 2.09. The zero-order chi connectivity index (χ0) is 28.0. The number of nitrogens with zero attached hydrogens (tertiary/aromatic N) is 6. The number of hydrogen-bond acceptors (Lipinski definition) is 7. The summed E-state index contributed by atoms with van der Waals surface area (Å²) < 4.78 is 15.2. The molecule has 7 rings (SSSR count). The SMILES string of the molecule is CN1CCN(c2ccc(Nc3ncc4c(n3)N(C3CCCC3)C3(CCN(Cc5ccccc5)C3=O)C4)cc2F)CC1. The van der Waals surface area contributed by atoms with E-state index in [1.165, 1.54) is 18.9 Å². The number of aromatic nitrogens is 2. The molecule has 1 unspecified atom stereocenters. The molecule has 1 saturated carbocycles. The number of anilines is 4. The van der Waals surface area contributed by atoms with E-state index in [1.807, 2.05) is 41.4 Å². The van der Waals surface area contributed by atoms with Crippen molar-refractivity contribution in [3.8, 4) is 0 Å². The fraction of sp³-hybridized carbons (Fsp3) is 0.469. The average Bonchev–Trinajstić information content (AvgIpc) is 3.69. The number of nitrogens with one attached hydrogen (secondary N) is 1. The van der Waals surface area contributed by atoms with Gasteiger partial charge in [0.25, 0.3) is 0 Å². The molecular formula is C32H38FN7O. The van der Waals surface area contributed by atoms with E-state index in [9.17, 15) is 4.79 Å². The van der Waals surface area contributed by atoms with Gasteiger partial charge in [0.05, 0.1) is 5.69 Å². The van der Waals surface area contributed by atoms with Gasteiger partial charge in [-0.25, -0.2) is 9.37 Å². The molecule has 2 saturated heterocycles. The van der Waals surface area contributed by atoms with Crippen LogP contribution >= 0.6 is 0 Å². The number of benzene rings is 2. The molecular weight excluding hydrogens is 517 g/mol. The van der Waals surface area contributed by atoms with Gasteiger partial charge >= 0.3 is 0 Å². The van der Waals surface area contributed by atoms with Gasteiger partial charge in [-0.1, -0.05) is 43.2 Å². The van der Waals surface area contributed by atoms with Gasteiger partial charge in [0.1, 0.15) is 17.2 Å². The van der Waals surface area contributed by atoms with Crippen molar-refractivity contribution in [1.82, 2.24) is 19.8 Å². The lowest BCUT2D eigenvalue weighted by atomic mass is 9.91. The molecule has 1 atom stereocenters. The molecule has 3 aromatic rings. The Morgan fingerprint density at radius 1 is 1.02 bits per heavy atom. The molecule has 0 radical (unpaired) electrons. The van der Waals surface area contributed by atoms with Gasteiger partial charge in [-0.15, -0.1) is 0 Å². The van der Waals surface area contributed by atoms with Gasteiger partial charge in [-0.3, -0.25) is 4.79 Å². The van der Waals surface area contributed by atoms with Crippen LogP contribution in [0, 0.1) is 5.82 Å². The first-order valence-electron chi connectivity index (χ1n) is 15.0. The summed E-state index contributed by atoms with van der Waals surface area (Å²) in [6.07, 6.45) is 7.76. The number of amides is 1. The lowest BCUT2D eigenvalue weighted by Gasteiger charge is -2.39. The predicted octanol–water partition coefficient (Wildman–Crippen LogP) is 4.59. The highest BCUT2D eigenvalue weighted by Gasteiger charge is 2.57. The summed E-state index contributed by atoms with van der Waals surface area (Å²) in [5, 5.41) is 3.24. The molecule has 1 aliphatic carbocycles. The Balaban J connectivity index is 1.14. The number of hydrogen-bond donors (Lipinski definition) is 1. The minimum atomic E-state index is -0.601. The lowest BCUT2D eigenvalue weighted by molar-refractivity contribution is -0.132. The van der Waals surface area contributed by atoms with E-state index < -0.39 is 5.54 Å². The Morgan fingerprint density at radius 2 is 1.80 bits per heavy atom. The maximum atomic E-state index is 15.2. The summed E-state index contributed by atoms with van der Waals surface area (Å²) in [5.41, 5.74) is 2.82. The van der Waals surface area contributed by atoms with Gasteiger partial charge in [0.2, 0.25) is 11.9 Å². The topological polar surface area (TPSA) is 67.8 Å². The predicted molar refractivity (Wildman–Crippen MR) is 159 cm³/mol. The largest absolute Gasteiger partial charge is 0.367 e. The minimum absolute atomic E-state index is 0.197. The second-order valence-corrected chi connectivity index (χ2v) is 12.1.